The molecule has 0 fully saturated rings. The minimum atomic E-state index is 0.190. The minimum Gasteiger partial charge on any atom is -0.780 e. The Balaban J connectivity index is 0.000000236. The molecule has 0 unspecified atom stereocenters. The van der Waals surface area contributed by atoms with Gasteiger partial charge in [-0.05, 0) is 0 Å². The molecule has 0 aromatic heterocycles. The molecule has 0 bridgehead atoms. The molecule has 1 aromatic carbocycles. The number of benzene rings is 1. The predicted octanol–water partition coefficient (Wildman–Crippen LogP) is 3.36. The zero-order valence-corrected chi connectivity index (χ0v) is 12.7. The summed E-state index contributed by atoms with van der Waals surface area (Å²) < 4.78 is 0. The van der Waals surface area contributed by atoms with E-state index in [-0.39, 0.29) is 25.5 Å². The molecule has 56 valence electrons. The third-order valence-corrected chi connectivity index (χ3v) is 1.02. The standard InChI is InChI=1S/C6H6S.2HI.Sm/c7-6-4-2-1-3-5-6;;;/h1-5,7H;2*1H;/q;;;+2/p-3. The van der Waals surface area contributed by atoms with E-state index in [1.54, 1.807) is 0 Å². The van der Waals surface area contributed by atoms with Crippen LogP contribution in [0.4, 0.5) is 0 Å². The Hall–Kier alpha value is 2.24. The van der Waals surface area contributed by atoms with Gasteiger partial charge in [0.05, 0.1) is 0 Å². The van der Waals surface area contributed by atoms with E-state index in [4.69, 9.17) is 12.6 Å². The van der Waals surface area contributed by atoms with Gasteiger partial charge in [-0.15, -0.1) is 0 Å². The van der Waals surface area contributed by atoms with Gasteiger partial charge in [0.1, 0.15) is 0 Å². The van der Waals surface area contributed by atoms with E-state index in [0.29, 0.717) is 0 Å². The molecule has 0 saturated carbocycles. The van der Waals surface area contributed by atoms with Crippen LogP contribution in [0.5, 0.6) is 0 Å². The summed E-state index contributed by atoms with van der Waals surface area (Å²) in [5.41, 5.74) is 0. The van der Waals surface area contributed by atoms with E-state index in [9.17, 15) is 0 Å². The van der Waals surface area contributed by atoms with Crippen molar-refractivity contribution in [2.24, 2.45) is 0 Å². The summed E-state index contributed by atoms with van der Waals surface area (Å²) in [6, 6.07) is 9.62. The summed E-state index contributed by atoms with van der Waals surface area (Å²) in [4.78, 5) is 0.905. The molecule has 10 heavy (non-hydrogen) atoms. The largest absolute Gasteiger partial charge is 0.780 e. The van der Waals surface area contributed by atoms with Gasteiger partial charge < -0.3 is 12.6 Å². The van der Waals surface area contributed by atoms with Gasteiger partial charge in [-0.3, -0.25) is 0 Å². The summed E-state index contributed by atoms with van der Waals surface area (Å²) in [5.74, 6) is 0. The van der Waals surface area contributed by atoms with E-state index < -0.39 is 0 Å². The van der Waals surface area contributed by atoms with Crippen LogP contribution in [0.3, 0.4) is 0 Å². The van der Waals surface area contributed by atoms with E-state index >= 15 is 0 Å². The molecule has 0 spiro atoms. The second kappa shape index (κ2) is 9.33. The molecule has 0 atom stereocenters. The molecule has 1 aromatic rings. The molecular formula is C6H5I2SSm-. The van der Waals surface area contributed by atoms with Gasteiger partial charge in [-0.2, -0.15) is 4.90 Å². The molecule has 0 heterocycles. The van der Waals surface area contributed by atoms with Gasteiger partial charge in [-0.1, -0.05) is 30.3 Å². The van der Waals surface area contributed by atoms with Crippen LogP contribution in [0, 0.1) is 25.5 Å². The van der Waals surface area contributed by atoms with Gasteiger partial charge in [-0.25, -0.2) is 0 Å². The van der Waals surface area contributed by atoms with Crippen molar-refractivity contribution in [3.63, 3.8) is 0 Å². The molecule has 0 radical (unpaired) electrons. The average molecular weight is 513 g/mol. The fraction of sp³-hybridized carbons (Fsp3) is 0. The molecule has 0 amide bonds. The van der Waals surface area contributed by atoms with Crippen LogP contribution in [0.15, 0.2) is 35.2 Å². The number of rotatable bonds is 0. The van der Waals surface area contributed by atoms with E-state index in [0.717, 1.165) is 4.90 Å². The van der Waals surface area contributed by atoms with Gasteiger partial charge in [0.15, 0.2) is 0 Å². The van der Waals surface area contributed by atoms with E-state index in [2.05, 4.69) is 28.6 Å². The summed E-state index contributed by atoms with van der Waals surface area (Å²) >= 11 is 9.89. The van der Waals surface area contributed by atoms with Crippen molar-refractivity contribution >= 4 is 41.2 Å². The fourth-order valence-electron chi connectivity index (χ4n) is 0.420. The molecule has 4 heteroatoms. The molecule has 0 aliphatic carbocycles. The third kappa shape index (κ3) is 8.34. The summed E-state index contributed by atoms with van der Waals surface area (Å²) in [6.45, 7) is 0. The second-order valence-electron chi connectivity index (χ2n) is 1.37. The van der Waals surface area contributed by atoms with Crippen LogP contribution in [-0.4, -0.2) is 0 Å². The Morgan fingerprint density at radius 1 is 1.10 bits per heavy atom. The van der Waals surface area contributed by atoms with E-state index in [1.165, 1.54) is 0 Å². The maximum Gasteiger partial charge on any atom is -0.0624 e. The molecule has 0 aliphatic heterocycles. The molecule has 0 saturated heterocycles. The third-order valence-electron chi connectivity index (χ3n) is 0.743. The van der Waals surface area contributed by atoms with Gasteiger partial charge >= 0.3 is 54.0 Å². The topological polar surface area (TPSA) is 0 Å². The number of hydrogen-bond donors (Lipinski definition) is 0. The Bertz CT molecular complexity index is 157. The zero-order valence-electron chi connectivity index (χ0n) is 4.96. The van der Waals surface area contributed by atoms with Crippen molar-refractivity contribution < 1.29 is 25.5 Å². The summed E-state index contributed by atoms with van der Waals surface area (Å²) in [6.07, 6.45) is 0. The first-order valence-corrected chi connectivity index (χ1v) is 17.9. The Morgan fingerprint density at radius 2 is 1.50 bits per heavy atom. The van der Waals surface area contributed by atoms with Crippen molar-refractivity contribution in [2.75, 3.05) is 0 Å². The van der Waals surface area contributed by atoms with Gasteiger partial charge in [0.25, 0.3) is 0 Å². The molecule has 0 N–H and O–H groups in total. The van der Waals surface area contributed by atoms with Crippen molar-refractivity contribution in [1.29, 1.82) is 0 Å². The predicted molar refractivity (Wildman–Crippen MR) is 60.1 cm³/mol. The normalized spacial score (nSPS) is 7.80. The van der Waals surface area contributed by atoms with Crippen LogP contribution in [0.1, 0.15) is 0 Å². The van der Waals surface area contributed by atoms with Crippen molar-refractivity contribution in [2.45, 2.75) is 4.90 Å². The molecule has 0 aliphatic rings. The quantitative estimate of drug-likeness (QED) is 0.379. The van der Waals surface area contributed by atoms with Crippen LogP contribution in [-0.2, 0) is 12.6 Å². The molecule has 1 rings (SSSR count). The smallest absolute Gasteiger partial charge is 0.0624 e. The Morgan fingerprint density at radius 3 is 1.70 bits per heavy atom. The maximum atomic E-state index is 4.81. The minimum absolute atomic E-state index is 0.190. The fourth-order valence-corrected chi connectivity index (χ4v) is 0.578. The first-order chi connectivity index (χ1) is 4.81. The SMILES string of the molecule is [I][Sm][I].[S-]c1ccccc1. The Kier molecular flexibility index (Phi) is 11.4. The van der Waals surface area contributed by atoms with Crippen molar-refractivity contribution in [1.82, 2.24) is 0 Å². The van der Waals surface area contributed by atoms with Crippen LogP contribution in [0.25, 0.3) is 0 Å². The maximum absolute atomic E-state index is 4.81. The van der Waals surface area contributed by atoms with Crippen molar-refractivity contribution in [3.05, 3.63) is 30.3 Å². The molecular weight excluding hydrogens is 508 g/mol. The summed E-state index contributed by atoms with van der Waals surface area (Å²) in [5, 5.41) is 0. The molecule has 0 nitrogen and oxygen atoms in total. The van der Waals surface area contributed by atoms with Crippen LogP contribution < -0.4 is 0 Å². The zero-order chi connectivity index (χ0) is 7.82. The first kappa shape index (κ1) is 12.2. The Labute approximate surface area is 99.2 Å². The van der Waals surface area contributed by atoms with Crippen LogP contribution >= 0.6 is 28.6 Å². The van der Waals surface area contributed by atoms with Crippen LogP contribution in [0.2, 0.25) is 0 Å². The first-order valence-electron chi connectivity index (χ1n) is 2.42. The average Bonchev–Trinajstić information content (AvgIpc) is 1.91. The van der Waals surface area contributed by atoms with Gasteiger partial charge in [0.2, 0.25) is 0 Å². The summed E-state index contributed by atoms with van der Waals surface area (Å²) in [7, 11) is 0. The monoisotopic (exact) mass is 515 g/mol. The van der Waals surface area contributed by atoms with Gasteiger partial charge in [0, 0.05) is 0 Å². The van der Waals surface area contributed by atoms with E-state index in [1.807, 2.05) is 30.3 Å². The number of halogens is 2. The van der Waals surface area contributed by atoms with Crippen molar-refractivity contribution in [3.8, 4) is 0 Å². The number of hydrogen-bond acceptors (Lipinski definition) is 1. The second-order valence-corrected chi connectivity index (χ2v) is 21.2.